The number of amides is 2. The zero-order valence-electron chi connectivity index (χ0n) is 22.9. The first-order chi connectivity index (χ1) is 18.1. The van der Waals surface area contributed by atoms with Crippen LogP contribution in [0, 0.1) is 0 Å². The molecule has 2 amide bonds. The summed E-state index contributed by atoms with van der Waals surface area (Å²) in [6, 6.07) is 0. The van der Waals surface area contributed by atoms with Gasteiger partial charge in [0.05, 0.1) is 0 Å². The average molecular weight is 545 g/mol. The molecule has 1 aliphatic heterocycles. The van der Waals surface area contributed by atoms with Crippen molar-refractivity contribution in [3.8, 4) is 0 Å². The Kier molecular flexibility index (Phi) is 17.4. The van der Waals surface area contributed by atoms with E-state index in [2.05, 4.69) is 36.9 Å². The molecule has 38 heavy (non-hydrogen) atoms. The van der Waals surface area contributed by atoms with Crippen LogP contribution in [0.1, 0.15) is 44.9 Å². The highest BCUT2D eigenvalue weighted by atomic mass is 16.4. The van der Waals surface area contributed by atoms with Crippen LogP contribution in [0.4, 0.5) is 0 Å². The lowest BCUT2D eigenvalue weighted by Gasteiger charge is -2.40. The normalized spacial score (nSPS) is 20.4. The van der Waals surface area contributed by atoms with Gasteiger partial charge in [0.15, 0.2) is 0 Å². The van der Waals surface area contributed by atoms with Gasteiger partial charge >= 0.3 is 11.9 Å². The summed E-state index contributed by atoms with van der Waals surface area (Å²) in [4.78, 5) is 48.6. The molecule has 8 N–H and O–H groups in total. The number of nitrogens with one attached hydrogen (secondary N) is 6. The maximum absolute atomic E-state index is 12.8. The Morgan fingerprint density at radius 1 is 0.868 bits per heavy atom. The first-order valence-corrected chi connectivity index (χ1v) is 13.4. The van der Waals surface area contributed by atoms with Crippen LogP contribution in [-0.4, -0.2) is 129 Å². The second kappa shape index (κ2) is 19.7. The molecule has 14 heteroatoms. The number of hydrogen-bond donors (Lipinski definition) is 8. The van der Waals surface area contributed by atoms with Gasteiger partial charge in [-0.15, -0.1) is 0 Å². The average Bonchev–Trinajstić information content (AvgIpc) is 2.81. The van der Waals surface area contributed by atoms with E-state index in [0.29, 0.717) is 32.7 Å². The van der Waals surface area contributed by atoms with Crippen molar-refractivity contribution in [3.63, 3.8) is 0 Å². The summed E-state index contributed by atoms with van der Waals surface area (Å²) in [6.45, 7) is 6.75. The minimum atomic E-state index is -0.932. The molecule has 1 aliphatic rings. The predicted molar refractivity (Wildman–Crippen MR) is 143 cm³/mol. The molecule has 220 valence electrons. The SMILES string of the molecule is CN1CCNCCCNCCNC[C@](NCCN(C)NC(=O)CCCC(=O)O)(NC(=O)CCCC(=O)O)C1. The highest BCUT2D eigenvalue weighted by molar-refractivity contribution is 5.77. The zero-order chi connectivity index (χ0) is 28.2. The Labute approximate surface area is 225 Å². The number of aliphatic carboxylic acids is 2. The summed E-state index contributed by atoms with van der Waals surface area (Å²) >= 11 is 0. The smallest absolute Gasteiger partial charge is 0.303 e. The number of rotatable bonds is 14. The molecule has 0 aromatic carbocycles. The largest absolute Gasteiger partial charge is 0.481 e. The molecule has 0 aromatic heterocycles. The molecule has 1 saturated heterocycles. The second-order valence-corrected chi connectivity index (χ2v) is 9.78. The van der Waals surface area contributed by atoms with Gasteiger partial charge < -0.3 is 36.4 Å². The first-order valence-electron chi connectivity index (χ1n) is 13.4. The molecular formula is C24H48N8O6. The highest BCUT2D eigenvalue weighted by Gasteiger charge is 2.32. The minimum Gasteiger partial charge on any atom is -0.481 e. The van der Waals surface area contributed by atoms with Crippen molar-refractivity contribution < 1.29 is 29.4 Å². The third-order valence-corrected chi connectivity index (χ3v) is 6.02. The molecule has 0 saturated carbocycles. The molecule has 0 unspecified atom stereocenters. The van der Waals surface area contributed by atoms with E-state index in [1.165, 1.54) is 0 Å². The summed E-state index contributed by atoms with van der Waals surface area (Å²) < 4.78 is 0. The van der Waals surface area contributed by atoms with Gasteiger partial charge in [-0.2, -0.15) is 0 Å². The Morgan fingerprint density at radius 3 is 2.13 bits per heavy atom. The topological polar surface area (TPSA) is 187 Å². The van der Waals surface area contributed by atoms with Gasteiger partial charge in [-0.1, -0.05) is 0 Å². The van der Waals surface area contributed by atoms with Crippen LogP contribution in [0.2, 0.25) is 0 Å². The molecule has 1 atom stereocenters. The van der Waals surface area contributed by atoms with E-state index in [9.17, 15) is 19.2 Å². The lowest BCUT2D eigenvalue weighted by molar-refractivity contribution is -0.138. The predicted octanol–water partition coefficient (Wildman–Crippen LogP) is -2.03. The van der Waals surface area contributed by atoms with Gasteiger partial charge in [-0.25, -0.2) is 5.01 Å². The third kappa shape index (κ3) is 17.2. The van der Waals surface area contributed by atoms with Crippen LogP contribution >= 0.6 is 0 Å². The molecule has 1 fully saturated rings. The van der Waals surface area contributed by atoms with Crippen molar-refractivity contribution in [2.24, 2.45) is 0 Å². The van der Waals surface area contributed by atoms with Gasteiger partial charge in [0.25, 0.3) is 0 Å². The van der Waals surface area contributed by atoms with Crippen LogP contribution in [0.25, 0.3) is 0 Å². The Balaban J connectivity index is 2.82. The zero-order valence-corrected chi connectivity index (χ0v) is 22.9. The van der Waals surface area contributed by atoms with Gasteiger partial charge in [-0.05, 0) is 39.4 Å². The number of hydrazine groups is 1. The third-order valence-electron chi connectivity index (χ3n) is 6.02. The van der Waals surface area contributed by atoms with Crippen molar-refractivity contribution in [2.75, 3.05) is 79.5 Å². The monoisotopic (exact) mass is 544 g/mol. The molecule has 0 bridgehead atoms. The van der Waals surface area contributed by atoms with Crippen molar-refractivity contribution in [2.45, 2.75) is 50.6 Å². The number of carbonyl (C=O) groups excluding carboxylic acids is 2. The van der Waals surface area contributed by atoms with Crippen LogP contribution in [0.3, 0.4) is 0 Å². The number of nitrogens with zero attached hydrogens (tertiary/aromatic N) is 2. The quantitative estimate of drug-likeness (QED) is 0.0886. The summed E-state index contributed by atoms with van der Waals surface area (Å²) in [5.74, 6) is -2.35. The molecule has 0 radical (unpaired) electrons. The lowest BCUT2D eigenvalue weighted by Crippen LogP contribution is -2.69. The lowest BCUT2D eigenvalue weighted by atomic mass is 10.1. The van der Waals surface area contributed by atoms with E-state index < -0.39 is 17.6 Å². The highest BCUT2D eigenvalue weighted by Crippen LogP contribution is 2.06. The van der Waals surface area contributed by atoms with Crippen molar-refractivity contribution in [1.29, 1.82) is 0 Å². The molecule has 0 aliphatic carbocycles. The number of hydrogen-bond acceptors (Lipinski definition) is 10. The van der Waals surface area contributed by atoms with E-state index in [-0.39, 0.29) is 50.3 Å². The van der Waals surface area contributed by atoms with Gasteiger partial charge in [-0.3, -0.25) is 29.9 Å². The van der Waals surface area contributed by atoms with E-state index in [0.717, 1.165) is 39.1 Å². The summed E-state index contributed by atoms with van der Waals surface area (Å²) in [7, 11) is 3.72. The Hall–Kier alpha value is -2.36. The van der Waals surface area contributed by atoms with Crippen molar-refractivity contribution in [1.82, 2.24) is 41.9 Å². The fraction of sp³-hybridized carbons (Fsp3) is 0.833. The number of carboxylic acids is 2. The molecule has 0 aromatic rings. The second-order valence-electron chi connectivity index (χ2n) is 9.78. The Bertz CT molecular complexity index is 728. The molecule has 0 spiro atoms. The molecule has 1 heterocycles. The fourth-order valence-electron chi connectivity index (χ4n) is 4.10. The van der Waals surface area contributed by atoms with E-state index >= 15 is 0 Å². The molecule has 1 rings (SSSR count). The van der Waals surface area contributed by atoms with Crippen LogP contribution in [-0.2, 0) is 19.2 Å². The van der Waals surface area contributed by atoms with Gasteiger partial charge in [0.1, 0.15) is 5.66 Å². The van der Waals surface area contributed by atoms with Crippen LogP contribution in [0.15, 0.2) is 0 Å². The fourth-order valence-corrected chi connectivity index (χ4v) is 4.10. The van der Waals surface area contributed by atoms with Crippen molar-refractivity contribution in [3.05, 3.63) is 0 Å². The summed E-state index contributed by atoms with van der Waals surface area (Å²) in [5, 5.41) is 36.1. The van der Waals surface area contributed by atoms with Crippen molar-refractivity contribution >= 4 is 23.8 Å². The maximum atomic E-state index is 12.8. The number of carbonyl (C=O) groups is 4. The summed E-state index contributed by atoms with van der Waals surface area (Å²) in [6.07, 6.45) is 1.67. The first kappa shape index (κ1) is 33.7. The summed E-state index contributed by atoms with van der Waals surface area (Å²) in [5.41, 5.74) is 1.91. The van der Waals surface area contributed by atoms with Crippen LogP contribution < -0.4 is 32.0 Å². The van der Waals surface area contributed by atoms with E-state index in [1.54, 1.807) is 12.1 Å². The van der Waals surface area contributed by atoms with E-state index in [4.69, 9.17) is 10.2 Å². The number of carboxylic acid groups (broad SMARTS) is 2. The molecular weight excluding hydrogens is 496 g/mol. The van der Waals surface area contributed by atoms with Crippen LogP contribution in [0.5, 0.6) is 0 Å². The maximum Gasteiger partial charge on any atom is 0.303 e. The van der Waals surface area contributed by atoms with E-state index in [1.807, 2.05) is 7.05 Å². The molecule has 14 nitrogen and oxygen atoms in total. The van der Waals surface area contributed by atoms with Gasteiger partial charge in [0, 0.05) is 85.1 Å². The Morgan fingerprint density at radius 2 is 1.47 bits per heavy atom. The van der Waals surface area contributed by atoms with Gasteiger partial charge in [0.2, 0.25) is 11.8 Å². The number of likely N-dealkylation sites (N-methyl/N-ethyl adjacent to an activating group) is 2. The minimum absolute atomic E-state index is 0.0566. The standard InChI is InChI=1S/C24H48N8O6/c1-31-16-14-26-11-5-10-25-12-13-27-18-24(19-31,29-20(33)6-3-8-22(35)36)28-15-17-32(2)30-21(34)7-4-9-23(37)38/h25-28H,3-19H2,1-2H3,(H,29,33)(H,30,34)(H,35,36)(H,37,38)/t24-/m0/s1.